The molecular weight excluding hydrogens is 354 g/mol. The van der Waals surface area contributed by atoms with Crippen LogP contribution in [0.1, 0.15) is 16.7 Å². The Bertz CT molecular complexity index is 1130. The Labute approximate surface area is 164 Å². The lowest BCUT2D eigenvalue weighted by atomic mass is 9.84. The number of aryl methyl sites for hydroxylation is 2. The highest BCUT2D eigenvalue weighted by molar-refractivity contribution is 7.71. The van der Waals surface area contributed by atoms with Crippen LogP contribution in [0, 0.1) is 4.64 Å². The van der Waals surface area contributed by atoms with E-state index in [9.17, 15) is 0 Å². The van der Waals surface area contributed by atoms with Crippen molar-refractivity contribution in [2.45, 2.75) is 25.8 Å². The van der Waals surface area contributed by atoms with E-state index in [0.717, 1.165) is 41.9 Å². The van der Waals surface area contributed by atoms with Crippen molar-refractivity contribution in [2.24, 2.45) is 0 Å². The van der Waals surface area contributed by atoms with Gasteiger partial charge in [-0.2, -0.15) is 0 Å². The van der Waals surface area contributed by atoms with Crippen LogP contribution in [0.5, 0.6) is 11.5 Å². The van der Waals surface area contributed by atoms with E-state index >= 15 is 0 Å². The van der Waals surface area contributed by atoms with Crippen LogP contribution in [0.2, 0.25) is 0 Å². The van der Waals surface area contributed by atoms with E-state index in [2.05, 4.69) is 47.0 Å². The number of hydrogen-bond acceptors (Lipinski definition) is 3. The Morgan fingerprint density at radius 2 is 1.59 bits per heavy atom. The molecule has 136 valence electrons. The fourth-order valence-electron chi connectivity index (χ4n) is 4.48. The van der Waals surface area contributed by atoms with Gasteiger partial charge in [0.25, 0.3) is 0 Å². The van der Waals surface area contributed by atoms with Crippen LogP contribution in [0.4, 0.5) is 0 Å². The van der Waals surface area contributed by atoms with Crippen molar-refractivity contribution in [3.05, 3.63) is 63.8 Å². The predicted octanol–water partition coefficient (Wildman–Crippen LogP) is 5.22. The molecule has 1 aliphatic carbocycles. The summed E-state index contributed by atoms with van der Waals surface area (Å²) in [6.45, 7) is 0.908. The van der Waals surface area contributed by atoms with Gasteiger partial charge in [-0.05, 0) is 65.3 Å². The summed E-state index contributed by atoms with van der Waals surface area (Å²) in [6, 6.07) is 15.2. The second-order valence-corrected chi connectivity index (χ2v) is 7.54. The number of nitrogens with zero attached hydrogens (tertiary/aromatic N) is 1. The van der Waals surface area contributed by atoms with Crippen LogP contribution < -0.4 is 9.47 Å². The third-order valence-electron chi connectivity index (χ3n) is 5.84. The maximum absolute atomic E-state index is 5.94. The molecule has 0 fully saturated rings. The van der Waals surface area contributed by atoms with E-state index in [1.807, 2.05) is 0 Å². The second kappa shape index (κ2) is 6.24. The Morgan fingerprint density at radius 3 is 2.41 bits per heavy atom. The molecule has 0 saturated heterocycles. The van der Waals surface area contributed by atoms with Gasteiger partial charge in [-0.3, -0.25) is 0 Å². The molecule has 0 spiro atoms. The van der Waals surface area contributed by atoms with Crippen LogP contribution in [0.15, 0.2) is 42.5 Å². The molecule has 2 aromatic carbocycles. The lowest BCUT2D eigenvalue weighted by Crippen LogP contribution is -2.17. The summed E-state index contributed by atoms with van der Waals surface area (Å²) in [5.74, 6) is 1.54. The quantitative estimate of drug-likeness (QED) is 0.574. The average molecular weight is 375 g/mol. The van der Waals surface area contributed by atoms with E-state index in [0.29, 0.717) is 0 Å². The molecule has 4 heteroatoms. The van der Waals surface area contributed by atoms with Crippen LogP contribution >= 0.6 is 12.2 Å². The highest BCUT2D eigenvalue weighted by atomic mass is 32.1. The second-order valence-electron chi connectivity index (χ2n) is 7.15. The summed E-state index contributed by atoms with van der Waals surface area (Å²) < 4.78 is 14.3. The summed E-state index contributed by atoms with van der Waals surface area (Å²) >= 11 is 5.94. The smallest absolute Gasteiger partial charge is 0.161 e. The van der Waals surface area contributed by atoms with Crippen molar-refractivity contribution in [3.63, 3.8) is 0 Å². The molecule has 0 bridgehead atoms. The van der Waals surface area contributed by atoms with Crippen molar-refractivity contribution in [1.29, 1.82) is 0 Å². The number of methoxy groups -OCH3 is 2. The minimum Gasteiger partial charge on any atom is -0.493 e. The molecule has 0 unspecified atom stereocenters. The van der Waals surface area contributed by atoms with Gasteiger partial charge in [-0.15, -0.1) is 0 Å². The third kappa shape index (κ3) is 2.43. The van der Waals surface area contributed by atoms with Crippen molar-refractivity contribution < 1.29 is 9.47 Å². The molecule has 3 nitrogen and oxygen atoms in total. The van der Waals surface area contributed by atoms with Crippen LogP contribution in [-0.4, -0.2) is 18.8 Å². The molecule has 1 aliphatic heterocycles. The van der Waals surface area contributed by atoms with Gasteiger partial charge in [0, 0.05) is 12.1 Å². The number of benzene rings is 2. The van der Waals surface area contributed by atoms with Gasteiger partial charge in [0.1, 0.15) is 4.64 Å². The van der Waals surface area contributed by atoms with Gasteiger partial charge < -0.3 is 14.0 Å². The minimum absolute atomic E-state index is 0.758. The summed E-state index contributed by atoms with van der Waals surface area (Å²) in [4.78, 5) is 0. The molecule has 0 N–H and O–H groups in total. The van der Waals surface area contributed by atoms with Gasteiger partial charge in [0.15, 0.2) is 11.5 Å². The Balaban J connectivity index is 1.79. The molecule has 0 amide bonds. The van der Waals surface area contributed by atoms with Crippen LogP contribution in [-0.2, 0) is 25.8 Å². The Kier molecular flexibility index (Phi) is 3.83. The minimum atomic E-state index is 0.758. The van der Waals surface area contributed by atoms with Crippen LogP contribution in [0.25, 0.3) is 22.4 Å². The van der Waals surface area contributed by atoms with Gasteiger partial charge in [-0.25, -0.2) is 0 Å². The first-order valence-corrected chi connectivity index (χ1v) is 9.72. The number of hydrogen-bond donors (Lipinski definition) is 0. The highest BCUT2D eigenvalue weighted by Crippen LogP contribution is 2.42. The zero-order valence-electron chi connectivity index (χ0n) is 15.5. The summed E-state index contributed by atoms with van der Waals surface area (Å²) in [5.41, 5.74) is 8.99. The summed E-state index contributed by atoms with van der Waals surface area (Å²) in [7, 11) is 3.37. The molecule has 27 heavy (non-hydrogen) atoms. The van der Waals surface area contributed by atoms with Crippen molar-refractivity contribution in [3.8, 4) is 33.9 Å². The number of ether oxygens (including phenoxy) is 2. The van der Waals surface area contributed by atoms with Crippen molar-refractivity contribution in [1.82, 2.24) is 4.57 Å². The Hall–Kier alpha value is -2.59. The largest absolute Gasteiger partial charge is 0.493 e. The van der Waals surface area contributed by atoms with E-state index in [4.69, 9.17) is 21.7 Å². The first-order chi connectivity index (χ1) is 13.2. The van der Waals surface area contributed by atoms with Crippen molar-refractivity contribution in [2.75, 3.05) is 14.2 Å². The van der Waals surface area contributed by atoms with Crippen molar-refractivity contribution >= 4 is 12.2 Å². The monoisotopic (exact) mass is 375 g/mol. The first-order valence-electron chi connectivity index (χ1n) is 9.31. The zero-order valence-corrected chi connectivity index (χ0v) is 16.4. The predicted molar refractivity (Wildman–Crippen MR) is 110 cm³/mol. The normalized spacial score (nSPS) is 13.9. The number of aromatic nitrogens is 1. The Morgan fingerprint density at radius 1 is 0.815 bits per heavy atom. The topological polar surface area (TPSA) is 23.4 Å². The fraction of sp³-hybridized carbons (Fsp3) is 0.261. The standard InChI is InChI=1S/C23H21NO2S/c1-25-21-11-15-9-10-24-20(18(15)13-22(21)26-2)12-19-16-6-4-3-5-14(16)7-8-17(19)23(24)27/h3-6,11-13H,7-10H2,1-2H3. The number of pyridine rings is 1. The SMILES string of the molecule is COc1cc2c(cc1OC)-c1cc3c(c(=S)n1CC2)CCc1ccccc1-3. The van der Waals surface area contributed by atoms with Gasteiger partial charge in [0.05, 0.1) is 19.9 Å². The summed E-state index contributed by atoms with van der Waals surface area (Å²) in [6.07, 6.45) is 3.03. The number of fused-ring (bicyclic) bond motifs is 6. The van der Waals surface area contributed by atoms with E-state index in [-0.39, 0.29) is 0 Å². The van der Waals surface area contributed by atoms with E-state index in [1.54, 1.807) is 14.2 Å². The fourth-order valence-corrected chi connectivity index (χ4v) is 4.88. The molecule has 3 aromatic rings. The molecule has 0 atom stereocenters. The van der Waals surface area contributed by atoms with Crippen LogP contribution in [0.3, 0.4) is 0 Å². The summed E-state index contributed by atoms with van der Waals surface area (Å²) in [5, 5.41) is 0. The molecule has 0 saturated carbocycles. The van der Waals surface area contributed by atoms with E-state index in [1.165, 1.54) is 39.1 Å². The molecule has 2 heterocycles. The zero-order chi connectivity index (χ0) is 18.5. The molecule has 1 aromatic heterocycles. The maximum Gasteiger partial charge on any atom is 0.161 e. The van der Waals surface area contributed by atoms with Gasteiger partial charge >= 0.3 is 0 Å². The third-order valence-corrected chi connectivity index (χ3v) is 6.31. The lowest BCUT2D eigenvalue weighted by Gasteiger charge is -2.28. The average Bonchev–Trinajstić information content (AvgIpc) is 2.72. The lowest BCUT2D eigenvalue weighted by molar-refractivity contribution is 0.354. The number of rotatable bonds is 2. The van der Waals surface area contributed by atoms with E-state index < -0.39 is 0 Å². The van der Waals surface area contributed by atoms with Gasteiger partial charge in [0.2, 0.25) is 0 Å². The molecule has 2 aliphatic rings. The molecular formula is C23H21NO2S. The first kappa shape index (κ1) is 16.6. The molecule has 0 radical (unpaired) electrons. The maximum atomic E-state index is 5.94. The molecule has 5 rings (SSSR count). The highest BCUT2D eigenvalue weighted by Gasteiger charge is 2.25. The van der Waals surface area contributed by atoms with Gasteiger partial charge in [-0.1, -0.05) is 36.5 Å².